The first-order chi connectivity index (χ1) is 12.8. The molecule has 0 saturated heterocycles. The number of allylic oxidation sites excluding steroid dienone is 2. The van der Waals surface area contributed by atoms with Gasteiger partial charge in [-0.15, -0.1) is 0 Å². The molecular weight excluding hydrogens is 340 g/mol. The Morgan fingerprint density at radius 3 is 2.59 bits per heavy atom. The lowest BCUT2D eigenvalue weighted by Crippen LogP contribution is -2.41. The zero-order chi connectivity index (χ0) is 20.3. The molecule has 1 unspecified atom stereocenters. The Kier molecular flexibility index (Phi) is 9.47. The summed E-state index contributed by atoms with van der Waals surface area (Å²) in [5.41, 5.74) is 9.78. The van der Waals surface area contributed by atoms with Crippen LogP contribution in [0, 0.1) is 0 Å². The molecule has 1 amide bonds. The summed E-state index contributed by atoms with van der Waals surface area (Å²) in [5.74, 6) is 0.291. The molecule has 0 aliphatic carbocycles. The first kappa shape index (κ1) is 22.6. The van der Waals surface area contributed by atoms with Crippen molar-refractivity contribution in [2.45, 2.75) is 58.5 Å². The molecule has 0 radical (unpaired) electrons. The van der Waals surface area contributed by atoms with E-state index in [-0.39, 0.29) is 11.6 Å². The fraction of sp³-hybridized carbons (Fsp3) is 0.429. The standard InChI is InChI=1S/C21H32N4O2/c1-5-19(23-15-16(2)11-12-20(26)25-27)24-17(3)13-21(4,22)14-18-9-7-6-8-10-18/h6-12,15,17,27H,5,13-14,22H2,1-4H3,(H,23,24)(H,25,26)/b12-11+,16-15+/t17-,21?/m1/s1. The monoisotopic (exact) mass is 372 g/mol. The van der Waals surface area contributed by atoms with Crippen LogP contribution in [0.25, 0.3) is 0 Å². The Hall–Kier alpha value is -2.44. The summed E-state index contributed by atoms with van der Waals surface area (Å²) in [6.07, 6.45) is 6.97. The van der Waals surface area contributed by atoms with Gasteiger partial charge in [-0.2, -0.15) is 0 Å². The van der Waals surface area contributed by atoms with Crippen LogP contribution in [0.4, 0.5) is 0 Å². The lowest BCUT2D eigenvalue weighted by molar-refractivity contribution is -0.124. The smallest absolute Gasteiger partial charge is 0.267 e. The van der Waals surface area contributed by atoms with Crippen LogP contribution in [0.2, 0.25) is 0 Å². The van der Waals surface area contributed by atoms with E-state index in [1.807, 2.05) is 32.0 Å². The highest BCUT2D eigenvalue weighted by molar-refractivity contribution is 5.87. The van der Waals surface area contributed by atoms with Crippen LogP contribution in [0.1, 0.15) is 46.1 Å². The molecule has 1 rings (SSSR count). The summed E-state index contributed by atoms with van der Waals surface area (Å²) >= 11 is 0. The number of rotatable bonds is 9. The van der Waals surface area contributed by atoms with E-state index >= 15 is 0 Å². The molecule has 6 heteroatoms. The molecule has 0 fully saturated rings. The lowest BCUT2D eigenvalue weighted by Gasteiger charge is -2.27. The van der Waals surface area contributed by atoms with Gasteiger partial charge in [0.05, 0.1) is 6.04 Å². The number of hydrogen-bond acceptors (Lipinski definition) is 4. The molecule has 5 N–H and O–H groups in total. The van der Waals surface area contributed by atoms with Crippen LogP contribution >= 0.6 is 0 Å². The Morgan fingerprint density at radius 2 is 2.00 bits per heavy atom. The van der Waals surface area contributed by atoms with Crippen LogP contribution in [0.5, 0.6) is 0 Å². The summed E-state index contributed by atoms with van der Waals surface area (Å²) in [4.78, 5) is 15.7. The molecule has 0 heterocycles. The number of aliphatic imine (C=N–C) groups is 1. The number of amidine groups is 1. The second-order valence-corrected chi connectivity index (χ2v) is 7.14. The quantitative estimate of drug-likeness (QED) is 0.134. The lowest BCUT2D eigenvalue weighted by atomic mass is 9.88. The molecule has 0 aliphatic rings. The van der Waals surface area contributed by atoms with E-state index in [9.17, 15) is 4.79 Å². The highest BCUT2D eigenvalue weighted by Gasteiger charge is 2.22. The molecule has 0 aliphatic heterocycles. The van der Waals surface area contributed by atoms with Crippen LogP contribution in [0.3, 0.4) is 0 Å². The van der Waals surface area contributed by atoms with E-state index in [2.05, 4.69) is 31.3 Å². The van der Waals surface area contributed by atoms with Gasteiger partial charge in [-0.1, -0.05) is 43.3 Å². The van der Waals surface area contributed by atoms with E-state index in [1.54, 1.807) is 17.8 Å². The van der Waals surface area contributed by atoms with Crippen LogP contribution in [-0.4, -0.2) is 28.5 Å². The summed E-state index contributed by atoms with van der Waals surface area (Å²) < 4.78 is 0. The zero-order valence-electron chi connectivity index (χ0n) is 16.7. The maximum Gasteiger partial charge on any atom is 0.267 e. The van der Waals surface area contributed by atoms with Crippen molar-refractivity contribution >= 4 is 11.7 Å². The fourth-order valence-electron chi connectivity index (χ4n) is 2.84. The number of hydroxylamine groups is 1. The number of carbonyl (C=O) groups excluding carboxylic acids is 1. The minimum Gasteiger partial charge on any atom is -0.350 e. The second-order valence-electron chi connectivity index (χ2n) is 7.14. The molecule has 1 aromatic carbocycles. The maximum absolute atomic E-state index is 11.0. The minimum absolute atomic E-state index is 0.0792. The number of nitrogens with one attached hydrogen (secondary N) is 2. The minimum atomic E-state index is -0.568. The third-order valence-electron chi connectivity index (χ3n) is 4.00. The van der Waals surface area contributed by atoms with Crippen molar-refractivity contribution in [3.8, 4) is 0 Å². The normalized spacial score (nSPS) is 16.1. The molecule has 1 aromatic rings. The van der Waals surface area contributed by atoms with Crippen molar-refractivity contribution in [3.05, 3.63) is 59.8 Å². The molecule has 148 valence electrons. The van der Waals surface area contributed by atoms with Gasteiger partial charge in [-0.05, 0) is 44.7 Å². The van der Waals surface area contributed by atoms with Crippen LogP contribution < -0.4 is 16.5 Å². The Balaban J connectivity index is 2.66. The summed E-state index contributed by atoms with van der Waals surface area (Å²) in [6.45, 7) is 8.01. The Morgan fingerprint density at radius 1 is 1.33 bits per heavy atom. The second kappa shape index (κ2) is 11.3. The van der Waals surface area contributed by atoms with Crippen molar-refractivity contribution in [1.29, 1.82) is 0 Å². The van der Waals surface area contributed by atoms with Gasteiger partial charge in [0, 0.05) is 24.2 Å². The van der Waals surface area contributed by atoms with Crippen molar-refractivity contribution in [2.24, 2.45) is 10.7 Å². The van der Waals surface area contributed by atoms with E-state index in [4.69, 9.17) is 15.9 Å². The fourth-order valence-corrected chi connectivity index (χ4v) is 2.84. The third-order valence-corrected chi connectivity index (χ3v) is 4.00. The third kappa shape index (κ3) is 9.72. The molecule has 0 saturated carbocycles. The molecule has 6 nitrogen and oxygen atoms in total. The molecule has 2 atom stereocenters. The van der Waals surface area contributed by atoms with Crippen molar-refractivity contribution in [1.82, 2.24) is 10.8 Å². The number of nitrogens with zero attached hydrogens (tertiary/aromatic N) is 1. The largest absolute Gasteiger partial charge is 0.350 e. The molecule has 0 spiro atoms. The highest BCUT2D eigenvalue weighted by Crippen LogP contribution is 2.18. The van der Waals surface area contributed by atoms with Crippen molar-refractivity contribution < 1.29 is 10.0 Å². The van der Waals surface area contributed by atoms with Gasteiger partial charge in [0.25, 0.3) is 5.91 Å². The molecule has 27 heavy (non-hydrogen) atoms. The number of amides is 1. The van der Waals surface area contributed by atoms with Gasteiger partial charge in [-0.25, -0.2) is 5.48 Å². The average molecular weight is 373 g/mol. The summed E-state index contributed by atoms with van der Waals surface area (Å²) in [7, 11) is 0. The summed E-state index contributed by atoms with van der Waals surface area (Å²) in [6, 6.07) is 10.3. The SMILES string of the molecule is CCC(=N[C@H](C)CC(C)(N)Cc1ccccc1)N/C=C(C)/C=C/C(=O)NO. The average Bonchev–Trinajstić information content (AvgIpc) is 2.62. The molecule has 0 bridgehead atoms. The van der Waals surface area contributed by atoms with Gasteiger partial charge in [0.15, 0.2) is 0 Å². The van der Waals surface area contributed by atoms with E-state index in [0.29, 0.717) is 0 Å². The maximum atomic E-state index is 11.0. The predicted molar refractivity (Wildman–Crippen MR) is 111 cm³/mol. The van der Waals surface area contributed by atoms with Gasteiger partial charge >= 0.3 is 0 Å². The number of hydrogen-bond donors (Lipinski definition) is 4. The van der Waals surface area contributed by atoms with Crippen LogP contribution in [-0.2, 0) is 11.2 Å². The van der Waals surface area contributed by atoms with Crippen LogP contribution in [0.15, 0.2) is 59.2 Å². The first-order valence-electron chi connectivity index (χ1n) is 9.20. The first-order valence-corrected chi connectivity index (χ1v) is 9.20. The van der Waals surface area contributed by atoms with Gasteiger partial charge in [-0.3, -0.25) is 15.0 Å². The van der Waals surface area contributed by atoms with E-state index in [0.717, 1.165) is 30.7 Å². The van der Waals surface area contributed by atoms with Gasteiger partial charge < -0.3 is 11.1 Å². The zero-order valence-corrected chi connectivity index (χ0v) is 16.7. The Labute approximate surface area is 162 Å². The number of carbonyl (C=O) groups is 1. The van der Waals surface area contributed by atoms with Crippen molar-refractivity contribution in [3.63, 3.8) is 0 Å². The van der Waals surface area contributed by atoms with Gasteiger partial charge in [0.2, 0.25) is 0 Å². The van der Waals surface area contributed by atoms with Crippen molar-refractivity contribution in [2.75, 3.05) is 0 Å². The molecular formula is C21H32N4O2. The Bertz CT molecular complexity index is 679. The molecule has 0 aromatic heterocycles. The summed E-state index contributed by atoms with van der Waals surface area (Å²) in [5, 5.41) is 11.7. The van der Waals surface area contributed by atoms with E-state index < -0.39 is 5.91 Å². The van der Waals surface area contributed by atoms with Gasteiger partial charge in [0.1, 0.15) is 5.84 Å². The number of benzene rings is 1. The number of nitrogens with two attached hydrogens (primary N) is 1. The topological polar surface area (TPSA) is 99.7 Å². The van der Waals surface area contributed by atoms with E-state index in [1.165, 1.54) is 11.6 Å². The predicted octanol–water partition coefficient (Wildman–Crippen LogP) is 3.09. The highest BCUT2D eigenvalue weighted by atomic mass is 16.5.